The summed E-state index contributed by atoms with van der Waals surface area (Å²) in [6, 6.07) is 42.2. The molecule has 2 fully saturated rings. The molecular weight excluding hydrogens is 1010 g/mol. The Morgan fingerprint density at radius 2 is 0.618 bits per heavy atom. The second-order valence-electron chi connectivity index (χ2n) is 21.2. The van der Waals surface area contributed by atoms with E-state index in [9.17, 15) is 0 Å². The topological polar surface area (TPSA) is 43.4 Å². The molecule has 2 aliphatic rings. The molecule has 0 aliphatic heterocycles. The fraction of sp³-hybridized carbons (Fsp3) is 0.433. The summed E-state index contributed by atoms with van der Waals surface area (Å²) in [6.45, 7) is 17.5. The minimum Gasteiger partial charge on any atom is -0.496 e. The molecule has 6 aromatic carbocycles. The molecular formula is C67H94FeN2O4P2. The van der Waals surface area contributed by atoms with Gasteiger partial charge in [0.05, 0.1) is 28.4 Å². The van der Waals surface area contributed by atoms with Gasteiger partial charge in [0.1, 0.15) is 23.0 Å². The zero-order valence-corrected chi connectivity index (χ0v) is 51.8. The standard InChI is InChI=1S/2C32H42NO2P.CH4.2CH3.Fe/c2*1-21-17-26(18-22(2)31(21)34-7)36(27-19-23(3)32(35-8)24(4)20-27)29-16-12-15-28(29)30(33(5)6)25-13-10-9-11-14-25;;;;/h2*9-11,13-14,17-20,28-30H,12,15-16H2,1-8H3;1H4;2*1H3;/q;;;2*-1;+2/t2*28?,29?,30-;;;;/m00..../s1. The van der Waals surface area contributed by atoms with Crippen LogP contribution in [0.3, 0.4) is 0 Å². The van der Waals surface area contributed by atoms with Crippen LogP contribution < -0.4 is 40.2 Å². The number of methoxy groups -OCH3 is 4. The largest absolute Gasteiger partial charge is 2.00 e. The average Bonchev–Trinajstić information content (AvgIpc) is 4.00. The maximum Gasteiger partial charge on any atom is 2.00 e. The number of hydrogen-bond acceptors (Lipinski definition) is 6. The van der Waals surface area contributed by atoms with Gasteiger partial charge in [-0.25, -0.2) is 0 Å². The molecule has 0 N–H and O–H groups in total. The Morgan fingerprint density at radius 1 is 0.395 bits per heavy atom. The van der Waals surface area contributed by atoms with Crippen molar-refractivity contribution in [3.63, 3.8) is 0 Å². The first kappa shape index (κ1) is 66.1. The number of nitrogens with zero attached hydrogens (tertiary/aromatic N) is 2. The van der Waals surface area contributed by atoms with Crippen LogP contribution in [0.2, 0.25) is 0 Å². The van der Waals surface area contributed by atoms with Crippen molar-refractivity contribution >= 4 is 37.1 Å². The molecule has 4 unspecified atom stereocenters. The van der Waals surface area contributed by atoms with Crippen molar-refractivity contribution in [1.82, 2.24) is 9.80 Å². The fourth-order valence-electron chi connectivity index (χ4n) is 13.1. The summed E-state index contributed by atoms with van der Waals surface area (Å²) < 4.78 is 23.0. The van der Waals surface area contributed by atoms with E-state index in [1.54, 1.807) is 28.4 Å². The van der Waals surface area contributed by atoms with Gasteiger partial charge in [0.25, 0.3) is 0 Å². The monoisotopic (exact) mass is 1110 g/mol. The SMILES string of the molecule is C.COc1c(C)cc(P(c2cc(C)c(OC)c(C)c2)C2CCCC2[C@H](c2ccccc2)N(C)C)cc1C.COc1c(C)cc(P(c2cc(C)c(OC)c(C)c2)C2CCCC2[C@H](c2ccccc2)N(C)C)cc1C.[CH3-].[CH3-].[Fe+2]. The minimum atomic E-state index is -0.576. The van der Waals surface area contributed by atoms with E-state index in [1.165, 1.54) is 115 Å². The Balaban J connectivity index is 0.000000380. The van der Waals surface area contributed by atoms with Gasteiger partial charge in [-0.05, 0) is 274 Å². The minimum absolute atomic E-state index is 0. The number of rotatable bonds is 16. The van der Waals surface area contributed by atoms with Gasteiger partial charge in [0, 0.05) is 12.1 Å². The molecule has 414 valence electrons. The second-order valence-corrected chi connectivity index (χ2v) is 26.0. The van der Waals surface area contributed by atoms with Crippen LogP contribution in [0.5, 0.6) is 23.0 Å². The average molecular weight is 1110 g/mol. The molecule has 0 amide bonds. The summed E-state index contributed by atoms with van der Waals surface area (Å²) in [5.41, 5.74) is 13.9. The van der Waals surface area contributed by atoms with Crippen molar-refractivity contribution in [3.8, 4) is 23.0 Å². The van der Waals surface area contributed by atoms with Crippen LogP contribution in [0.25, 0.3) is 0 Å². The van der Waals surface area contributed by atoms with E-state index < -0.39 is 15.8 Å². The smallest absolute Gasteiger partial charge is 0.496 e. The molecule has 6 nitrogen and oxygen atoms in total. The van der Waals surface area contributed by atoms with E-state index in [0.29, 0.717) is 35.2 Å². The van der Waals surface area contributed by atoms with Crippen LogP contribution in [0.1, 0.15) is 114 Å². The van der Waals surface area contributed by atoms with Gasteiger partial charge in [-0.1, -0.05) is 80.9 Å². The first-order valence-corrected chi connectivity index (χ1v) is 29.0. The van der Waals surface area contributed by atoms with Crippen LogP contribution >= 0.6 is 15.8 Å². The summed E-state index contributed by atoms with van der Waals surface area (Å²) in [6.07, 6.45) is 7.64. The molecule has 0 heterocycles. The molecule has 0 saturated heterocycles. The van der Waals surface area contributed by atoms with Gasteiger partial charge in [0.15, 0.2) is 0 Å². The van der Waals surface area contributed by atoms with Crippen LogP contribution in [0.4, 0.5) is 0 Å². The van der Waals surface area contributed by atoms with E-state index in [4.69, 9.17) is 18.9 Å². The first-order valence-electron chi connectivity index (χ1n) is 26.1. The zero-order valence-electron chi connectivity index (χ0n) is 48.9. The molecule has 0 bridgehead atoms. The van der Waals surface area contributed by atoms with Gasteiger partial charge in [-0.2, -0.15) is 0 Å². The van der Waals surface area contributed by atoms with Crippen LogP contribution in [-0.2, 0) is 17.1 Å². The normalized spacial score (nSPS) is 17.6. The first-order chi connectivity index (χ1) is 34.5. The summed E-state index contributed by atoms with van der Waals surface area (Å²) in [7, 11) is 15.0. The Labute approximate surface area is 476 Å². The van der Waals surface area contributed by atoms with Crippen LogP contribution in [0, 0.1) is 82.1 Å². The molecule has 6 atom stereocenters. The van der Waals surface area contributed by atoms with Crippen molar-refractivity contribution in [3.05, 3.63) is 180 Å². The van der Waals surface area contributed by atoms with E-state index >= 15 is 0 Å². The molecule has 9 heteroatoms. The van der Waals surface area contributed by atoms with E-state index in [1.807, 2.05) is 0 Å². The van der Waals surface area contributed by atoms with Crippen molar-refractivity contribution in [2.75, 3.05) is 56.6 Å². The van der Waals surface area contributed by atoms with Crippen molar-refractivity contribution in [1.29, 1.82) is 0 Å². The Morgan fingerprint density at radius 3 is 0.816 bits per heavy atom. The summed E-state index contributed by atoms with van der Waals surface area (Å²) in [4.78, 5) is 4.89. The molecule has 2 saturated carbocycles. The predicted molar refractivity (Wildman–Crippen MR) is 330 cm³/mol. The zero-order chi connectivity index (χ0) is 52.0. The number of hydrogen-bond donors (Lipinski definition) is 0. The van der Waals surface area contributed by atoms with E-state index in [2.05, 4.69) is 203 Å². The second kappa shape index (κ2) is 29.7. The van der Waals surface area contributed by atoms with E-state index in [-0.39, 0.29) is 39.3 Å². The van der Waals surface area contributed by atoms with Gasteiger partial charge < -0.3 is 43.6 Å². The summed E-state index contributed by atoms with van der Waals surface area (Å²) >= 11 is 0. The molecule has 0 spiro atoms. The van der Waals surface area contributed by atoms with Crippen LogP contribution in [0.15, 0.2) is 109 Å². The number of aryl methyl sites for hydroxylation is 8. The fourth-order valence-corrected chi connectivity index (χ4v) is 20.2. The van der Waals surface area contributed by atoms with Gasteiger partial charge in [0.2, 0.25) is 0 Å². The molecule has 0 aromatic heterocycles. The predicted octanol–water partition coefficient (Wildman–Crippen LogP) is 15.2. The van der Waals surface area contributed by atoms with Gasteiger partial charge >= 0.3 is 17.1 Å². The number of benzene rings is 6. The molecule has 8 rings (SSSR count). The summed E-state index contributed by atoms with van der Waals surface area (Å²) in [5, 5.41) is 5.86. The summed E-state index contributed by atoms with van der Waals surface area (Å²) in [5.74, 6) is 5.23. The van der Waals surface area contributed by atoms with Crippen molar-refractivity contribution in [2.24, 2.45) is 11.8 Å². The Kier molecular flexibility index (Phi) is 25.8. The third-order valence-corrected chi connectivity index (χ3v) is 21.5. The maximum atomic E-state index is 5.74. The molecule has 2 aliphatic carbocycles. The number of ether oxygens (including phenoxy) is 4. The third kappa shape index (κ3) is 14.3. The Bertz CT molecular complexity index is 2370. The quantitative estimate of drug-likeness (QED) is 0.0547. The Hall–Kier alpha value is -4.18. The van der Waals surface area contributed by atoms with Crippen molar-refractivity contribution < 1.29 is 36.0 Å². The molecule has 0 radical (unpaired) electrons. The van der Waals surface area contributed by atoms with Crippen molar-refractivity contribution in [2.45, 2.75) is 125 Å². The molecule has 6 aromatic rings. The van der Waals surface area contributed by atoms with Gasteiger partial charge in [-0.3, -0.25) is 0 Å². The third-order valence-electron chi connectivity index (χ3n) is 15.6. The van der Waals surface area contributed by atoms with Crippen LogP contribution in [-0.4, -0.2) is 77.7 Å². The van der Waals surface area contributed by atoms with E-state index in [0.717, 1.165) is 23.0 Å². The maximum absolute atomic E-state index is 5.74. The molecule has 76 heavy (non-hydrogen) atoms. The van der Waals surface area contributed by atoms with Gasteiger partial charge in [-0.15, -0.1) is 0 Å².